The molecule has 4 rings (SSSR count). The summed E-state index contributed by atoms with van der Waals surface area (Å²) >= 11 is 0. The van der Waals surface area contributed by atoms with Gasteiger partial charge in [-0.15, -0.1) is 0 Å². The number of carbonyl (C=O) groups excluding carboxylic acids is 1. The number of aryl methyl sites for hydroxylation is 1. The SMILES string of the molecule is Cc1cc(Nc2cnc(NC(=O)NC3CCOc4ccccc43)cc2C=N)ccn1. The van der Waals surface area contributed by atoms with Crippen LogP contribution in [0.5, 0.6) is 5.75 Å². The number of benzene rings is 1. The molecule has 1 atom stereocenters. The molecule has 2 amide bonds. The van der Waals surface area contributed by atoms with Crippen LogP contribution in [0.15, 0.2) is 54.9 Å². The molecule has 1 unspecified atom stereocenters. The molecule has 30 heavy (non-hydrogen) atoms. The Morgan fingerprint density at radius 3 is 2.93 bits per heavy atom. The summed E-state index contributed by atoms with van der Waals surface area (Å²) < 4.78 is 5.63. The van der Waals surface area contributed by atoms with Gasteiger partial charge in [-0.2, -0.15) is 0 Å². The van der Waals surface area contributed by atoms with Crippen LogP contribution in [0.1, 0.15) is 29.3 Å². The number of pyridine rings is 2. The fourth-order valence-corrected chi connectivity index (χ4v) is 3.34. The van der Waals surface area contributed by atoms with E-state index in [-0.39, 0.29) is 12.1 Å². The van der Waals surface area contributed by atoms with Crippen LogP contribution in [-0.2, 0) is 0 Å². The van der Waals surface area contributed by atoms with E-state index >= 15 is 0 Å². The van der Waals surface area contributed by atoms with Crippen LogP contribution < -0.4 is 20.7 Å². The number of rotatable bonds is 5. The lowest BCUT2D eigenvalue weighted by Gasteiger charge is -2.26. The van der Waals surface area contributed by atoms with Crippen molar-refractivity contribution in [3.63, 3.8) is 0 Å². The van der Waals surface area contributed by atoms with Crippen LogP contribution in [0.4, 0.5) is 22.0 Å². The van der Waals surface area contributed by atoms with Gasteiger partial charge in [-0.05, 0) is 31.2 Å². The molecule has 3 heterocycles. The largest absolute Gasteiger partial charge is 0.493 e. The zero-order valence-corrected chi connectivity index (χ0v) is 16.5. The molecule has 1 aliphatic rings. The van der Waals surface area contributed by atoms with E-state index in [1.165, 1.54) is 6.21 Å². The van der Waals surface area contributed by atoms with Gasteiger partial charge in [0.05, 0.1) is 24.5 Å². The highest BCUT2D eigenvalue weighted by Gasteiger charge is 2.22. The molecule has 0 radical (unpaired) electrons. The van der Waals surface area contributed by atoms with Gasteiger partial charge in [0, 0.05) is 41.3 Å². The number of para-hydroxylation sites is 1. The summed E-state index contributed by atoms with van der Waals surface area (Å²) in [6.45, 7) is 2.45. The van der Waals surface area contributed by atoms with Gasteiger partial charge in [0.15, 0.2) is 0 Å². The van der Waals surface area contributed by atoms with Crippen LogP contribution in [0.3, 0.4) is 0 Å². The molecule has 2 aromatic heterocycles. The Hall–Kier alpha value is -3.94. The summed E-state index contributed by atoms with van der Waals surface area (Å²) in [5, 5.41) is 16.7. The molecule has 0 saturated carbocycles. The third-order valence-corrected chi connectivity index (χ3v) is 4.77. The molecule has 0 aliphatic carbocycles. The average Bonchev–Trinajstić information content (AvgIpc) is 2.75. The van der Waals surface area contributed by atoms with E-state index in [0.717, 1.165) is 22.7 Å². The maximum Gasteiger partial charge on any atom is 0.320 e. The molecular weight excluding hydrogens is 380 g/mol. The van der Waals surface area contributed by atoms with Crippen LogP contribution in [0, 0.1) is 12.3 Å². The number of ether oxygens (including phenoxy) is 1. The summed E-state index contributed by atoms with van der Waals surface area (Å²) in [6, 6.07) is 12.6. The molecule has 0 bridgehead atoms. The lowest BCUT2D eigenvalue weighted by atomic mass is 10.0. The number of nitrogens with zero attached hydrogens (tertiary/aromatic N) is 2. The van der Waals surface area contributed by atoms with Crippen LogP contribution in [0.25, 0.3) is 0 Å². The second kappa shape index (κ2) is 8.60. The number of carbonyl (C=O) groups is 1. The number of anilines is 3. The lowest BCUT2D eigenvalue weighted by molar-refractivity contribution is 0.232. The first-order valence-electron chi connectivity index (χ1n) is 9.62. The first-order valence-corrected chi connectivity index (χ1v) is 9.62. The molecular formula is C22H22N6O2. The first-order chi connectivity index (χ1) is 14.6. The van der Waals surface area contributed by atoms with Gasteiger partial charge in [-0.1, -0.05) is 18.2 Å². The minimum absolute atomic E-state index is 0.131. The van der Waals surface area contributed by atoms with Crippen molar-refractivity contribution in [1.82, 2.24) is 15.3 Å². The molecule has 1 aromatic carbocycles. The van der Waals surface area contributed by atoms with Crippen molar-refractivity contribution in [2.75, 3.05) is 17.2 Å². The Balaban J connectivity index is 1.45. The third-order valence-electron chi connectivity index (χ3n) is 4.77. The van der Waals surface area contributed by atoms with Crippen molar-refractivity contribution in [2.24, 2.45) is 0 Å². The molecule has 8 heteroatoms. The van der Waals surface area contributed by atoms with E-state index in [1.807, 2.05) is 43.3 Å². The summed E-state index contributed by atoms with van der Waals surface area (Å²) in [7, 11) is 0. The van der Waals surface area contributed by atoms with E-state index < -0.39 is 0 Å². The highest BCUT2D eigenvalue weighted by molar-refractivity contribution is 5.92. The fraction of sp³-hybridized carbons (Fsp3) is 0.182. The Morgan fingerprint density at radius 1 is 1.23 bits per heavy atom. The minimum atomic E-state index is -0.356. The number of urea groups is 1. The second-order valence-electron chi connectivity index (χ2n) is 6.94. The van der Waals surface area contributed by atoms with Crippen molar-refractivity contribution in [2.45, 2.75) is 19.4 Å². The van der Waals surface area contributed by atoms with Crippen LogP contribution in [0.2, 0.25) is 0 Å². The van der Waals surface area contributed by atoms with Gasteiger partial charge in [0.25, 0.3) is 0 Å². The van der Waals surface area contributed by atoms with Crippen molar-refractivity contribution in [3.05, 3.63) is 71.7 Å². The summed E-state index contributed by atoms with van der Waals surface area (Å²) in [5.41, 5.74) is 3.96. The average molecular weight is 402 g/mol. The van der Waals surface area contributed by atoms with Gasteiger partial charge < -0.3 is 20.8 Å². The topological polar surface area (TPSA) is 112 Å². The third kappa shape index (κ3) is 4.38. The Morgan fingerprint density at radius 2 is 2.10 bits per heavy atom. The summed E-state index contributed by atoms with van der Waals surface area (Å²) in [4.78, 5) is 21.0. The smallest absolute Gasteiger partial charge is 0.320 e. The van der Waals surface area contributed by atoms with E-state index in [9.17, 15) is 4.79 Å². The Bertz CT molecular complexity index is 1080. The van der Waals surface area contributed by atoms with Crippen molar-refractivity contribution in [1.29, 1.82) is 5.41 Å². The van der Waals surface area contributed by atoms with Crippen molar-refractivity contribution in [3.8, 4) is 5.75 Å². The predicted molar refractivity (Wildman–Crippen MR) is 116 cm³/mol. The number of amides is 2. The van der Waals surface area contributed by atoms with Gasteiger partial charge >= 0.3 is 6.03 Å². The van der Waals surface area contributed by atoms with E-state index in [2.05, 4.69) is 25.9 Å². The number of fused-ring (bicyclic) bond motifs is 1. The number of hydrogen-bond donors (Lipinski definition) is 4. The van der Waals surface area contributed by atoms with Crippen molar-refractivity contribution < 1.29 is 9.53 Å². The minimum Gasteiger partial charge on any atom is -0.493 e. The number of aromatic nitrogens is 2. The molecule has 1 aliphatic heterocycles. The monoisotopic (exact) mass is 402 g/mol. The molecule has 3 aromatic rings. The molecule has 8 nitrogen and oxygen atoms in total. The highest BCUT2D eigenvalue weighted by atomic mass is 16.5. The maximum absolute atomic E-state index is 12.5. The molecule has 152 valence electrons. The summed E-state index contributed by atoms with van der Waals surface area (Å²) in [5.74, 6) is 1.16. The van der Waals surface area contributed by atoms with Crippen LogP contribution >= 0.6 is 0 Å². The number of hydrogen-bond acceptors (Lipinski definition) is 6. The normalized spacial score (nSPS) is 14.8. The van der Waals surface area contributed by atoms with Crippen molar-refractivity contribution >= 4 is 29.4 Å². The maximum atomic E-state index is 12.5. The zero-order valence-electron chi connectivity index (χ0n) is 16.5. The highest BCUT2D eigenvalue weighted by Crippen LogP contribution is 2.31. The molecule has 4 N–H and O–H groups in total. The Labute approximate surface area is 174 Å². The van der Waals surface area contributed by atoms with Gasteiger partial charge in [-0.3, -0.25) is 10.3 Å². The summed E-state index contributed by atoms with van der Waals surface area (Å²) in [6.07, 6.45) is 5.22. The van der Waals surface area contributed by atoms with Gasteiger partial charge in [0.1, 0.15) is 11.6 Å². The van der Waals surface area contributed by atoms with E-state index in [1.54, 1.807) is 18.5 Å². The lowest BCUT2D eigenvalue weighted by Crippen LogP contribution is -2.35. The van der Waals surface area contributed by atoms with Gasteiger partial charge in [0.2, 0.25) is 0 Å². The predicted octanol–water partition coefficient (Wildman–Crippen LogP) is 4.17. The van der Waals surface area contributed by atoms with E-state index in [4.69, 9.17) is 10.1 Å². The number of nitrogens with one attached hydrogen (secondary N) is 4. The second-order valence-corrected chi connectivity index (χ2v) is 6.94. The molecule has 0 spiro atoms. The first kappa shape index (κ1) is 19.4. The quantitative estimate of drug-likeness (QED) is 0.479. The zero-order chi connectivity index (χ0) is 20.9. The fourth-order valence-electron chi connectivity index (χ4n) is 3.34. The molecule has 0 fully saturated rings. The molecule has 0 saturated heterocycles. The standard InChI is InChI=1S/C22H22N6O2/c1-14-10-16(6-8-24-14)26-19-13-25-21(11-15(19)12-23)28-22(29)27-18-7-9-30-20-5-3-2-4-17(18)20/h2-6,8,10-13,18,23H,7,9H2,1H3,(H,24,26)(H2,25,27,28,29). The van der Waals surface area contributed by atoms with Gasteiger partial charge in [-0.25, -0.2) is 9.78 Å². The van der Waals surface area contributed by atoms with E-state index in [0.29, 0.717) is 30.1 Å². The Kier molecular flexibility index (Phi) is 5.56. The van der Waals surface area contributed by atoms with Crippen LogP contribution in [-0.4, -0.2) is 28.8 Å².